The molecule has 0 radical (unpaired) electrons. The van der Waals surface area contributed by atoms with Crippen LogP contribution in [-0.4, -0.2) is 4.98 Å². The van der Waals surface area contributed by atoms with Gasteiger partial charge < -0.3 is 0 Å². The molecule has 1 unspecified atom stereocenters. The summed E-state index contributed by atoms with van der Waals surface area (Å²) >= 11 is 0. The summed E-state index contributed by atoms with van der Waals surface area (Å²) in [7, 11) is 0.729. The molecule has 2 aromatic heterocycles. The number of fused-ring (bicyclic) bond motifs is 2. The van der Waals surface area contributed by atoms with Crippen LogP contribution < -0.4 is 9.90 Å². The fourth-order valence-corrected chi connectivity index (χ4v) is 4.01. The smallest absolute Gasteiger partial charge is 0.0702 e. The maximum absolute atomic E-state index is 4.58. The van der Waals surface area contributed by atoms with Gasteiger partial charge in [-0.05, 0) is 52.9 Å². The molecule has 2 heteroatoms. The molecule has 0 saturated heterocycles. The summed E-state index contributed by atoms with van der Waals surface area (Å²) in [6.07, 6.45) is 4.27. The third-order valence-electron chi connectivity index (χ3n) is 3.82. The summed E-state index contributed by atoms with van der Waals surface area (Å²) in [5.74, 6) is 0. The van der Waals surface area contributed by atoms with Gasteiger partial charge in [0.05, 0.1) is 5.52 Å². The Labute approximate surface area is 119 Å². The topological polar surface area (TPSA) is 12.9 Å². The molecule has 3 aromatic rings. The Morgan fingerprint density at radius 3 is 2.90 bits per heavy atom. The van der Waals surface area contributed by atoms with Gasteiger partial charge in [-0.15, -0.1) is 8.19 Å². The third kappa shape index (κ3) is 1.67. The summed E-state index contributed by atoms with van der Waals surface area (Å²) in [6.45, 7) is 6.30. The van der Waals surface area contributed by atoms with Gasteiger partial charge in [0.2, 0.25) is 0 Å². The van der Waals surface area contributed by atoms with E-state index in [1.807, 2.05) is 12.3 Å². The lowest BCUT2D eigenvalue weighted by molar-refractivity contribution is 1.38. The Morgan fingerprint density at radius 1 is 1.15 bits per heavy atom. The number of para-hydroxylation sites is 1. The van der Waals surface area contributed by atoms with Crippen LogP contribution in [0.25, 0.3) is 28.6 Å². The van der Waals surface area contributed by atoms with Crippen molar-refractivity contribution < 1.29 is 0 Å². The highest BCUT2D eigenvalue weighted by Gasteiger charge is 2.15. The molecule has 1 aromatic carbocycles. The van der Waals surface area contributed by atoms with Crippen LogP contribution in [0.15, 0.2) is 48.7 Å². The molecule has 1 aliphatic carbocycles. The zero-order valence-corrected chi connectivity index (χ0v) is 12.3. The summed E-state index contributed by atoms with van der Waals surface area (Å²) in [5.41, 5.74) is 6.26. The van der Waals surface area contributed by atoms with Gasteiger partial charge >= 0.3 is 0 Å². The van der Waals surface area contributed by atoms with Gasteiger partial charge in [0.1, 0.15) is 0 Å². The van der Waals surface area contributed by atoms with E-state index in [0.29, 0.717) is 0 Å². The van der Waals surface area contributed by atoms with Crippen molar-refractivity contribution in [3.05, 3.63) is 69.7 Å². The molecule has 0 bridgehead atoms. The Morgan fingerprint density at radius 2 is 2.00 bits per heavy atom. The van der Waals surface area contributed by atoms with Gasteiger partial charge in [-0.25, -0.2) is 0 Å². The number of pyridine rings is 1. The quantitative estimate of drug-likeness (QED) is 0.664. The minimum atomic E-state index is 0.729. The molecule has 0 amide bonds. The van der Waals surface area contributed by atoms with Crippen molar-refractivity contribution >= 4 is 36.8 Å². The molecule has 1 atom stereocenters. The van der Waals surface area contributed by atoms with Gasteiger partial charge in [-0.3, -0.25) is 4.98 Å². The van der Waals surface area contributed by atoms with Gasteiger partial charge in [0.25, 0.3) is 0 Å². The lowest BCUT2D eigenvalue weighted by Crippen LogP contribution is -1.96. The molecule has 0 aliphatic heterocycles. The molecule has 1 aliphatic rings. The maximum atomic E-state index is 4.58. The molecule has 1 nitrogen and oxygen atoms in total. The molecule has 2 heterocycles. The van der Waals surface area contributed by atoms with Gasteiger partial charge in [-0.1, -0.05) is 24.8 Å². The van der Waals surface area contributed by atoms with E-state index in [-0.39, 0.29) is 0 Å². The van der Waals surface area contributed by atoms with Crippen LogP contribution in [0.4, 0.5) is 0 Å². The molecule has 96 valence electrons. The van der Waals surface area contributed by atoms with Crippen molar-refractivity contribution in [3.8, 4) is 0 Å². The predicted molar refractivity (Wildman–Crippen MR) is 88.6 cm³/mol. The standard InChI is InChI=1S/C18H14NP/c1-11-7-15(16-8-12(2)20-18(11)16)14-9-13-5-3-4-6-17(13)19-10-14/h3-10,20H,2H2,1H3. The van der Waals surface area contributed by atoms with E-state index in [1.165, 1.54) is 37.6 Å². The second kappa shape index (κ2) is 4.19. The average molecular weight is 275 g/mol. The zero-order valence-electron chi connectivity index (χ0n) is 11.3. The molecular formula is C18H14NP. The van der Waals surface area contributed by atoms with Gasteiger partial charge in [0.15, 0.2) is 0 Å². The minimum Gasteiger partial charge on any atom is -0.256 e. The summed E-state index contributed by atoms with van der Waals surface area (Å²) in [5, 5.41) is 1.19. The highest BCUT2D eigenvalue weighted by atomic mass is 31.0. The lowest BCUT2D eigenvalue weighted by atomic mass is 10.0. The van der Waals surface area contributed by atoms with Crippen LogP contribution in [0.5, 0.6) is 0 Å². The van der Waals surface area contributed by atoms with E-state index in [1.54, 1.807) is 0 Å². The fourth-order valence-electron chi connectivity index (χ4n) is 2.86. The van der Waals surface area contributed by atoms with Crippen LogP contribution in [0.3, 0.4) is 0 Å². The van der Waals surface area contributed by atoms with E-state index in [9.17, 15) is 0 Å². The van der Waals surface area contributed by atoms with Crippen molar-refractivity contribution in [1.29, 1.82) is 0 Å². The summed E-state index contributed by atoms with van der Waals surface area (Å²) in [6, 6.07) is 12.7. The third-order valence-corrected chi connectivity index (χ3v) is 5.20. The highest BCUT2D eigenvalue weighted by Crippen LogP contribution is 2.29. The number of rotatable bonds is 1. The van der Waals surface area contributed by atoms with Gasteiger partial charge in [-0.2, -0.15) is 0 Å². The number of hydrogen-bond donors (Lipinski definition) is 0. The van der Waals surface area contributed by atoms with Crippen molar-refractivity contribution in [3.63, 3.8) is 0 Å². The molecule has 0 N–H and O–H groups in total. The van der Waals surface area contributed by atoms with Crippen LogP contribution in [0, 0.1) is 0 Å². The lowest BCUT2D eigenvalue weighted by Gasteiger charge is -2.05. The van der Waals surface area contributed by atoms with E-state index in [4.69, 9.17) is 0 Å². The monoisotopic (exact) mass is 275 g/mol. The Kier molecular flexibility index (Phi) is 2.45. The molecule has 0 fully saturated rings. The first kappa shape index (κ1) is 11.7. The van der Waals surface area contributed by atoms with E-state index in [0.717, 1.165) is 13.7 Å². The normalized spacial score (nSPS) is 14.1. The molecule has 20 heavy (non-hydrogen) atoms. The van der Waals surface area contributed by atoms with Crippen LogP contribution >= 0.6 is 8.19 Å². The van der Waals surface area contributed by atoms with E-state index >= 15 is 0 Å². The first-order chi connectivity index (χ1) is 9.72. The number of hydrogen-bond acceptors (Lipinski definition) is 1. The van der Waals surface area contributed by atoms with Gasteiger partial charge in [0, 0.05) is 22.1 Å². The molecule has 4 rings (SSSR count). The van der Waals surface area contributed by atoms with Crippen LogP contribution in [0.1, 0.15) is 18.1 Å². The second-order valence-corrected chi connectivity index (χ2v) is 6.63. The van der Waals surface area contributed by atoms with Crippen LogP contribution in [0.2, 0.25) is 0 Å². The Hall–Kier alpha value is -2.11. The highest BCUT2D eigenvalue weighted by molar-refractivity contribution is 7.28. The van der Waals surface area contributed by atoms with Crippen molar-refractivity contribution in [2.75, 3.05) is 0 Å². The first-order valence-corrected chi connectivity index (χ1v) is 7.68. The molecular weight excluding hydrogens is 261 g/mol. The van der Waals surface area contributed by atoms with Crippen LogP contribution in [-0.2, 0) is 0 Å². The number of aromatic nitrogens is 1. The zero-order chi connectivity index (χ0) is 13.7. The second-order valence-electron chi connectivity index (χ2n) is 5.24. The Balaban J connectivity index is 1.94. The average Bonchev–Trinajstić information content (AvgIpc) is 2.98. The predicted octanol–water partition coefficient (Wildman–Crippen LogP) is 3.29. The Bertz CT molecular complexity index is 976. The maximum Gasteiger partial charge on any atom is 0.0702 e. The molecule has 0 saturated carbocycles. The number of benzene rings is 1. The summed E-state index contributed by atoms with van der Waals surface area (Å²) < 4.78 is 0. The minimum absolute atomic E-state index is 0.729. The van der Waals surface area contributed by atoms with Crippen molar-refractivity contribution in [2.24, 2.45) is 0 Å². The van der Waals surface area contributed by atoms with Crippen molar-refractivity contribution in [1.82, 2.24) is 4.98 Å². The van der Waals surface area contributed by atoms with Crippen molar-refractivity contribution in [2.45, 2.75) is 6.92 Å². The van der Waals surface area contributed by atoms with E-state index < -0.39 is 0 Å². The summed E-state index contributed by atoms with van der Waals surface area (Å²) in [4.78, 5) is 7.26. The fraction of sp³-hybridized carbons (Fsp3) is 0.0556. The molecule has 0 spiro atoms. The van der Waals surface area contributed by atoms with E-state index in [2.05, 4.69) is 54.9 Å². The first-order valence-electron chi connectivity index (χ1n) is 6.68. The SMILES string of the molecule is C=c1cc2c([pH]1)=C(C)C=C2c1cnc2ccccc2c1. The number of allylic oxidation sites excluding steroid dienone is 1. The number of nitrogens with zero attached hydrogens (tertiary/aromatic N) is 1. The largest absolute Gasteiger partial charge is 0.256 e.